The van der Waals surface area contributed by atoms with Crippen LogP contribution in [0.5, 0.6) is 0 Å². The fourth-order valence-electron chi connectivity index (χ4n) is 3.09. The van der Waals surface area contributed by atoms with E-state index in [0.717, 1.165) is 36.9 Å². The maximum Gasteiger partial charge on any atom is 0.261 e. The second kappa shape index (κ2) is 6.80. The molecule has 2 aromatic rings. The molecule has 5 heteroatoms. The van der Waals surface area contributed by atoms with Gasteiger partial charge in [-0.25, -0.2) is 4.98 Å². The van der Waals surface area contributed by atoms with Crippen LogP contribution in [0.1, 0.15) is 37.7 Å². The van der Waals surface area contributed by atoms with Crippen LogP contribution in [0, 0.1) is 6.92 Å². The van der Waals surface area contributed by atoms with Crippen LogP contribution in [0.3, 0.4) is 0 Å². The van der Waals surface area contributed by atoms with Crippen LogP contribution >= 0.6 is 11.6 Å². The third-order valence-electron chi connectivity index (χ3n) is 4.28. The van der Waals surface area contributed by atoms with Crippen molar-refractivity contribution < 1.29 is 4.74 Å². The standard InChI is InChI=1S/C17H21ClN2O2/c1-12-9-13(18)10-15-16(12)19-11-20(17(15)21)7-3-2-5-14-6-4-8-22-14/h9-11,14H,2-8H2,1H3. The Morgan fingerprint density at radius 2 is 2.27 bits per heavy atom. The Labute approximate surface area is 135 Å². The first-order chi connectivity index (χ1) is 10.6. The maximum atomic E-state index is 12.5. The predicted molar refractivity (Wildman–Crippen MR) is 88.6 cm³/mol. The molecule has 1 fully saturated rings. The molecule has 1 aliphatic heterocycles. The summed E-state index contributed by atoms with van der Waals surface area (Å²) in [7, 11) is 0. The van der Waals surface area contributed by atoms with Crippen molar-refractivity contribution in [2.24, 2.45) is 0 Å². The molecule has 0 radical (unpaired) electrons. The summed E-state index contributed by atoms with van der Waals surface area (Å²) < 4.78 is 7.31. The summed E-state index contributed by atoms with van der Waals surface area (Å²) in [4.78, 5) is 16.9. The average molecular weight is 321 g/mol. The Balaban J connectivity index is 1.68. The number of hydrogen-bond acceptors (Lipinski definition) is 3. The van der Waals surface area contributed by atoms with E-state index in [2.05, 4.69) is 4.98 Å². The third-order valence-corrected chi connectivity index (χ3v) is 4.50. The van der Waals surface area contributed by atoms with Gasteiger partial charge in [0.15, 0.2) is 0 Å². The fourth-order valence-corrected chi connectivity index (χ4v) is 3.36. The average Bonchev–Trinajstić information content (AvgIpc) is 2.99. The lowest BCUT2D eigenvalue weighted by molar-refractivity contribution is 0.102. The predicted octanol–water partition coefficient (Wildman–Crippen LogP) is 3.71. The van der Waals surface area contributed by atoms with Gasteiger partial charge in [-0.05, 0) is 56.7 Å². The zero-order chi connectivity index (χ0) is 15.5. The van der Waals surface area contributed by atoms with Crippen molar-refractivity contribution in [2.45, 2.75) is 51.7 Å². The molecule has 0 N–H and O–H groups in total. The summed E-state index contributed by atoms with van der Waals surface area (Å²) in [5.41, 5.74) is 1.67. The Hall–Kier alpha value is -1.39. The van der Waals surface area contributed by atoms with Crippen LogP contribution in [0.15, 0.2) is 23.3 Å². The van der Waals surface area contributed by atoms with Crippen LogP contribution in [0.2, 0.25) is 5.02 Å². The van der Waals surface area contributed by atoms with Gasteiger partial charge in [0.2, 0.25) is 0 Å². The first-order valence-corrected chi connectivity index (χ1v) is 8.30. The van der Waals surface area contributed by atoms with Crippen molar-refractivity contribution in [1.82, 2.24) is 9.55 Å². The van der Waals surface area contributed by atoms with E-state index in [0.29, 0.717) is 23.1 Å². The molecule has 0 bridgehead atoms. The van der Waals surface area contributed by atoms with Crippen molar-refractivity contribution in [2.75, 3.05) is 6.61 Å². The number of nitrogens with zero attached hydrogens (tertiary/aromatic N) is 2. The Kier molecular flexibility index (Phi) is 4.79. The summed E-state index contributed by atoms with van der Waals surface area (Å²) >= 11 is 6.06. The molecule has 0 saturated carbocycles. The van der Waals surface area contributed by atoms with Gasteiger partial charge in [-0.3, -0.25) is 9.36 Å². The van der Waals surface area contributed by atoms with Gasteiger partial charge in [-0.15, -0.1) is 0 Å². The van der Waals surface area contributed by atoms with Gasteiger partial charge >= 0.3 is 0 Å². The Bertz CT molecular complexity index is 720. The number of aromatic nitrogens is 2. The van der Waals surface area contributed by atoms with Gasteiger partial charge in [0, 0.05) is 18.2 Å². The molecule has 4 nitrogen and oxygen atoms in total. The third kappa shape index (κ3) is 3.33. The van der Waals surface area contributed by atoms with Crippen LogP contribution in [0.4, 0.5) is 0 Å². The van der Waals surface area contributed by atoms with Gasteiger partial charge in [-0.1, -0.05) is 11.6 Å². The second-order valence-electron chi connectivity index (χ2n) is 5.99. The lowest BCUT2D eigenvalue weighted by Gasteiger charge is -2.10. The molecule has 1 unspecified atom stereocenters. The minimum absolute atomic E-state index is 0.00674. The van der Waals surface area contributed by atoms with Crippen molar-refractivity contribution >= 4 is 22.5 Å². The SMILES string of the molecule is Cc1cc(Cl)cc2c(=O)n(CCCCC3CCCO3)cnc12. The topological polar surface area (TPSA) is 44.1 Å². The highest BCUT2D eigenvalue weighted by atomic mass is 35.5. The van der Waals surface area contributed by atoms with E-state index in [9.17, 15) is 4.79 Å². The molecule has 1 saturated heterocycles. The number of fused-ring (bicyclic) bond motifs is 1. The van der Waals surface area contributed by atoms with E-state index in [1.54, 1.807) is 17.0 Å². The minimum atomic E-state index is -0.00674. The molecule has 3 rings (SSSR count). The summed E-state index contributed by atoms with van der Waals surface area (Å²) in [6.45, 7) is 3.52. The monoisotopic (exact) mass is 320 g/mol. The number of unbranched alkanes of at least 4 members (excludes halogenated alkanes) is 1. The maximum absolute atomic E-state index is 12.5. The van der Waals surface area contributed by atoms with E-state index in [-0.39, 0.29) is 5.56 Å². The molecule has 1 atom stereocenters. The van der Waals surface area contributed by atoms with E-state index in [1.165, 1.54) is 12.8 Å². The van der Waals surface area contributed by atoms with E-state index in [4.69, 9.17) is 16.3 Å². The zero-order valence-electron chi connectivity index (χ0n) is 12.8. The molecule has 0 amide bonds. The lowest BCUT2D eigenvalue weighted by Crippen LogP contribution is -2.21. The molecular formula is C17H21ClN2O2. The lowest BCUT2D eigenvalue weighted by atomic mass is 10.1. The van der Waals surface area contributed by atoms with Crippen molar-refractivity contribution in [1.29, 1.82) is 0 Å². The molecule has 1 aromatic heterocycles. The van der Waals surface area contributed by atoms with E-state index < -0.39 is 0 Å². The number of benzene rings is 1. The first kappa shape index (κ1) is 15.5. The summed E-state index contributed by atoms with van der Waals surface area (Å²) in [5.74, 6) is 0. The smallest absolute Gasteiger partial charge is 0.261 e. The number of hydrogen-bond donors (Lipinski definition) is 0. The highest BCUT2D eigenvalue weighted by molar-refractivity contribution is 6.31. The molecule has 1 aliphatic rings. The van der Waals surface area contributed by atoms with E-state index in [1.807, 2.05) is 13.0 Å². The Morgan fingerprint density at radius 3 is 3.05 bits per heavy atom. The van der Waals surface area contributed by atoms with Gasteiger partial charge in [-0.2, -0.15) is 0 Å². The highest BCUT2D eigenvalue weighted by Crippen LogP contribution is 2.20. The van der Waals surface area contributed by atoms with E-state index >= 15 is 0 Å². The number of aryl methyl sites for hydroxylation is 2. The summed E-state index contributed by atoms with van der Waals surface area (Å²) in [5, 5.41) is 1.19. The van der Waals surface area contributed by atoms with Crippen LogP contribution < -0.4 is 5.56 Å². The molecule has 0 spiro atoms. The van der Waals surface area contributed by atoms with Crippen molar-refractivity contribution in [3.8, 4) is 0 Å². The van der Waals surface area contributed by atoms with Crippen molar-refractivity contribution in [3.05, 3.63) is 39.4 Å². The van der Waals surface area contributed by atoms with Crippen molar-refractivity contribution in [3.63, 3.8) is 0 Å². The van der Waals surface area contributed by atoms with Gasteiger partial charge < -0.3 is 4.74 Å². The minimum Gasteiger partial charge on any atom is -0.378 e. The molecule has 1 aromatic carbocycles. The van der Waals surface area contributed by atoms with Crippen LogP contribution in [-0.2, 0) is 11.3 Å². The number of rotatable bonds is 5. The molecule has 118 valence electrons. The molecular weight excluding hydrogens is 300 g/mol. The normalized spacial score (nSPS) is 18.2. The molecule has 2 heterocycles. The van der Waals surface area contributed by atoms with Gasteiger partial charge in [0.25, 0.3) is 5.56 Å². The fraction of sp³-hybridized carbons (Fsp3) is 0.529. The second-order valence-corrected chi connectivity index (χ2v) is 6.43. The van der Waals surface area contributed by atoms with Crippen LogP contribution in [-0.4, -0.2) is 22.3 Å². The summed E-state index contributed by atoms with van der Waals surface area (Å²) in [6.07, 6.45) is 7.55. The largest absolute Gasteiger partial charge is 0.378 e. The highest BCUT2D eigenvalue weighted by Gasteiger charge is 2.14. The quantitative estimate of drug-likeness (QED) is 0.789. The number of ether oxygens (including phenoxy) is 1. The molecule has 0 aliphatic carbocycles. The van der Waals surface area contributed by atoms with Gasteiger partial charge in [0.1, 0.15) is 0 Å². The van der Waals surface area contributed by atoms with Gasteiger partial charge in [0.05, 0.1) is 23.3 Å². The summed E-state index contributed by atoms with van der Waals surface area (Å²) in [6, 6.07) is 3.55. The first-order valence-electron chi connectivity index (χ1n) is 7.92. The van der Waals surface area contributed by atoms with Crippen LogP contribution in [0.25, 0.3) is 10.9 Å². The zero-order valence-corrected chi connectivity index (χ0v) is 13.6. The molecule has 22 heavy (non-hydrogen) atoms. The Morgan fingerprint density at radius 1 is 1.41 bits per heavy atom. The number of halogens is 1.